The average Bonchev–Trinajstić information content (AvgIpc) is 2.60. The summed E-state index contributed by atoms with van der Waals surface area (Å²) >= 11 is 0. The van der Waals surface area contributed by atoms with E-state index in [2.05, 4.69) is 5.32 Å². The molecule has 24 heavy (non-hydrogen) atoms. The van der Waals surface area contributed by atoms with E-state index in [0.29, 0.717) is 18.0 Å². The van der Waals surface area contributed by atoms with Crippen molar-refractivity contribution in [2.24, 2.45) is 0 Å². The number of benzene rings is 2. The molecule has 8 heteroatoms. The summed E-state index contributed by atoms with van der Waals surface area (Å²) in [7, 11) is 4.36. The standard InChI is InChI=1S/C16H18N2O6/c1-22-13-5-4-11(18(20)21)8-12(13)17-9-10-6-14(23-2)16(19)15(7-10)24-3/h4-8,17,19H,9H2,1-3H3. The maximum Gasteiger partial charge on any atom is 0.271 e. The van der Waals surface area contributed by atoms with Crippen molar-refractivity contribution in [2.75, 3.05) is 26.6 Å². The van der Waals surface area contributed by atoms with Crippen molar-refractivity contribution in [1.29, 1.82) is 0 Å². The van der Waals surface area contributed by atoms with Crippen LogP contribution in [0, 0.1) is 10.1 Å². The lowest BCUT2D eigenvalue weighted by molar-refractivity contribution is -0.384. The lowest BCUT2D eigenvalue weighted by Crippen LogP contribution is -2.03. The smallest absolute Gasteiger partial charge is 0.271 e. The highest BCUT2D eigenvalue weighted by Crippen LogP contribution is 2.37. The van der Waals surface area contributed by atoms with Crippen molar-refractivity contribution < 1.29 is 24.2 Å². The van der Waals surface area contributed by atoms with Gasteiger partial charge in [0.1, 0.15) is 5.75 Å². The van der Waals surface area contributed by atoms with Crippen LogP contribution in [0.15, 0.2) is 30.3 Å². The van der Waals surface area contributed by atoms with Crippen LogP contribution in [0.25, 0.3) is 0 Å². The topological polar surface area (TPSA) is 103 Å². The summed E-state index contributed by atoms with van der Waals surface area (Å²) < 4.78 is 15.4. The van der Waals surface area contributed by atoms with E-state index >= 15 is 0 Å². The number of nitro benzene ring substituents is 1. The average molecular weight is 334 g/mol. The summed E-state index contributed by atoms with van der Waals surface area (Å²) in [5.74, 6) is 0.948. The van der Waals surface area contributed by atoms with Gasteiger partial charge in [0, 0.05) is 18.7 Å². The van der Waals surface area contributed by atoms with Gasteiger partial charge in [-0.2, -0.15) is 0 Å². The van der Waals surface area contributed by atoms with Crippen LogP contribution >= 0.6 is 0 Å². The molecule has 0 aromatic heterocycles. The number of anilines is 1. The Balaban J connectivity index is 2.27. The van der Waals surface area contributed by atoms with Crippen molar-refractivity contribution in [1.82, 2.24) is 0 Å². The van der Waals surface area contributed by atoms with Gasteiger partial charge in [-0.1, -0.05) is 0 Å². The molecule has 2 aromatic carbocycles. The second-order valence-electron chi connectivity index (χ2n) is 4.84. The summed E-state index contributed by atoms with van der Waals surface area (Å²) in [5.41, 5.74) is 1.20. The van der Waals surface area contributed by atoms with Crippen molar-refractivity contribution in [3.8, 4) is 23.0 Å². The second-order valence-corrected chi connectivity index (χ2v) is 4.84. The molecule has 2 N–H and O–H groups in total. The van der Waals surface area contributed by atoms with Crippen LogP contribution in [0.1, 0.15) is 5.56 Å². The van der Waals surface area contributed by atoms with Crippen LogP contribution in [0.4, 0.5) is 11.4 Å². The Kier molecular flexibility index (Phi) is 5.31. The summed E-state index contributed by atoms with van der Waals surface area (Å²) in [6.45, 7) is 0.324. The van der Waals surface area contributed by atoms with Gasteiger partial charge in [0.05, 0.1) is 31.9 Å². The van der Waals surface area contributed by atoms with E-state index in [0.717, 1.165) is 5.56 Å². The Morgan fingerprint density at radius 2 is 1.62 bits per heavy atom. The van der Waals surface area contributed by atoms with Gasteiger partial charge in [0.25, 0.3) is 5.69 Å². The van der Waals surface area contributed by atoms with E-state index in [1.807, 2.05) is 0 Å². The van der Waals surface area contributed by atoms with Gasteiger partial charge in [-0.3, -0.25) is 10.1 Å². The number of nitrogens with zero attached hydrogens (tertiary/aromatic N) is 1. The number of methoxy groups -OCH3 is 3. The lowest BCUT2D eigenvalue weighted by Gasteiger charge is -2.14. The van der Waals surface area contributed by atoms with Gasteiger partial charge < -0.3 is 24.6 Å². The molecule has 128 valence electrons. The van der Waals surface area contributed by atoms with E-state index in [9.17, 15) is 15.2 Å². The predicted octanol–water partition coefficient (Wildman–Crippen LogP) is 2.94. The van der Waals surface area contributed by atoms with Crippen molar-refractivity contribution in [2.45, 2.75) is 6.54 Å². The third-order valence-corrected chi connectivity index (χ3v) is 3.42. The maximum atomic E-state index is 10.9. The van der Waals surface area contributed by atoms with Crippen LogP contribution in [0.3, 0.4) is 0 Å². The maximum absolute atomic E-state index is 10.9. The number of non-ortho nitro benzene ring substituents is 1. The molecule has 0 saturated carbocycles. The first-order valence-electron chi connectivity index (χ1n) is 7.00. The minimum absolute atomic E-state index is 0.0424. The minimum Gasteiger partial charge on any atom is -0.502 e. The van der Waals surface area contributed by atoms with Crippen molar-refractivity contribution in [3.05, 3.63) is 46.0 Å². The number of phenolic OH excluding ortho intramolecular Hbond substituents is 1. The molecule has 0 heterocycles. The summed E-state index contributed by atoms with van der Waals surface area (Å²) in [6.07, 6.45) is 0. The van der Waals surface area contributed by atoms with Gasteiger partial charge in [-0.15, -0.1) is 0 Å². The molecule has 0 aliphatic rings. The molecule has 0 fully saturated rings. The number of ether oxygens (including phenoxy) is 3. The summed E-state index contributed by atoms with van der Waals surface area (Å²) in [6, 6.07) is 7.59. The molecule has 2 aromatic rings. The van der Waals surface area contributed by atoms with Gasteiger partial charge in [0.2, 0.25) is 5.75 Å². The predicted molar refractivity (Wildman–Crippen MR) is 88.2 cm³/mol. The second kappa shape index (κ2) is 7.40. The molecule has 0 spiro atoms. The Morgan fingerprint density at radius 3 is 2.12 bits per heavy atom. The quantitative estimate of drug-likeness (QED) is 0.592. The fourth-order valence-electron chi connectivity index (χ4n) is 2.19. The van der Waals surface area contributed by atoms with Crippen LogP contribution in [-0.2, 0) is 6.54 Å². The Hall–Kier alpha value is -3.16. The van der Waals surface area contributed by atoms with Crippen LogP contribution in [-0.4, -0.2) is 31.4 Å². The number of nitrogens with one attached hydrogen (secondary N) is 1. The first-order chi connectivity index (χ1) is 11.5. The largest absolute Gasteiger partial charge is 0.502 e. The molecular weight excluding hydrogens is 316 g/mol. The normalized spacial score (nSPS) is 10.1. The van der Waals surface area contributed by atoms with E-state index in [-0.39, 0.29) is 22.9 Å². The number of nitro groups is 1. The molecule has 0 aliphatic heterocycles. The highest BCUT2D eigenvalue weighted by atomic mass is 16.6. The monoisotopic (exact) mass is 334 g/mol. The molecule has 0 unspecified atom stereocenters. The van der Waals surface area contributed by atoms with Crippen molar-refractivity contribution >= 4 is 11.4 Å². The fraction of sp³-hybridized carbons (Fsp3) is 0.250. The van der Waals surface area contributed by atoms with Crippen LogP contribution in [0.2, 0.25) is 0 Å². The zero-order valence-corrected chi connectivity index (χ0v) is 13.5. The Bertz CT molecular complexity index is 722. The highest BCUT2D eigenvalue weighted by molar-refractivity contribution is 5.62. The third-order valence-electron chi connectivity index (χ3n) is 3.42. The first kappa shape index (κ1) is 17.2. The SMILES string of the molecule is COc1ccc([N+](=O)[O-])cc1NCc1cc(OC)c(O)c(OC)c1. The first-order valence-corrected chi connectivity index (χ1v) is 7.00. The highest BCUT2D eigenvalue weighted by Gasteiger charge is 2.13. The molecule has 2 rings (SSSR count). The van der Waals surface area contributed by atoms with Gasteiger partial charge in [-0.05, 0) is 23.8 Å². The molecule has 0 atom stereocenters. The third kappa shape index (κ3) is 3.60. The lowest BCUT2D eigenvalue weighted by atomic mass is 10.1. The number of phenols is 1. The summed E-state index contributed by atoms with van der Waals surface area (Å²) in [4.78, 5) is 10.4. The van der Waals surface area contributed by atoms with Gasteiger partial charge >= 0.3 is 0 Å². The molecule has 8 nitrogen and oxygen atoms in total. The van der Waals surface area contributed by atoms with Crippen LogP contribution in [0.5, 0.6) is 23.0 Å². The number of rotatable bonds is 7. The molecule has 0 bridgehead atoms. The molecule has 0 amide bonds. The Labute approximate surface area is 138 Å². The van der Waals surface area contributed by atoms with Crippen molar-refractivity contribution in [3.63, 3.8) is 0 Å². The van der Waals surface area contributed by atoms with Gasteiger partial charge in [0.15, 0.2) is 11.5 Å². The molecule has 0 radical (unpaired) electrons. The minimum atomic E-state index is -0.475. The molecule has 0 saturated heterocycles. The molecule has 0 aliphatic carbocycles. The fourth-order valence-corrected chi connectivity index (χ4v) is 2.19. The molecular formula is C16H18N2O6. The van der Waals surface area contributed by atoms with E-state index < -0.39 is 4.92 Å². The summed E-state index contributed by atoms with van der Waals surface area (Å²) in [5, 5.41) is 23.9. The van der Waals surface area contributed by atoms with Crippen LogP contribution < -0.4 is 19.5 Å². The Morgan fingerprint density at radius 1 is 1.04 bits per heavy atom. The zero-order chi connectivity index (χ0) is 17.7. The zero-order valence-electron chi connectivity index (χ0n) is 13.5. The number of hydrogen-bond donors (Lipinski definition) is 2. The number of aromatic hydroxyl groups is 1. The van der Waals surface area contributed by atoms with E-state index in [1.54, 1.807) is 12.1 Å². The van der Waals surface area contributed by atoms with E-state index in [4.69, 9.17) is 14.2 Å². The number of hydrogen-bond acceptors (Lipinski definition) is 7. The van der Waals surface area contributed by atoms with E-state index in [1.165, 1.54) is 39.5 Å². The van der Waals surface area contributed by atoms with Gasteiger partial charge in [-0.25, -0.2) is 0 Å².